The zero-order chi connectivity index (χ0) is 27.7. The van der Waals surface area contributed by atoms with Crippen LogP contribution in [0.5, 0.6) is 0 Å². The van der Waals surface area contributed by atoms with E-state index in [-0.39, 0.29) is 27.8 Å². The predicted molar refractivity (Wildman–Crippen MR) is 151 cm³/mol. The number of aromatic nitrogens is 3. The molecule has 0 spiro atoms. The van der Waals surface area contributed by atoms with Crippen LogP contribution in [0.1, 0.15) is 24.2 Å². The number of nitrogen functional groups attached to an aromatic ring is 1. The highest BCUT2D eigenvalue weighted by molar-refractivity contribution is 7.90. The fourth-order valence-electron chi connectivity index (χ4n) is 4.53. The second-order valence-electron chi connectivity index (χ2n) is 9.08. The van der Waals surface area contributed by atoms with Crippen LogP contribution in [0.15, 0.2) is 94.7 Å². The minimum absolute atomic E-state index is 0.0224. The van der Waals surface area contributed by atoms with Crippen LogP contribution in [0, 0.1) is 11.3 Å². The van der Waals surface area contributed by atoms with E-state index in [0.717, 1.165) is 11.8 Å². The van der Waals surface area contributed by atoms with Crippen LogP contribution in [0.3, 0.4) is 0 Å². The number of anilines is 2. The van der Waals surface area contributed by atoms with Gasteiger partial charge in [-0.2, -0.15) is 10.2 Å². The van der Waals surface area contributed by atoms with Gasteiger partial charge < -0.3 is 11.1 Å². The second kappa shape index (κ2) is 10.0. The lowest BCUT2D eigenvalue weighted by molar-refractivity contribution is 0.602. The van der Waals surface area contributed by atoms with Gasteiger partial charge in [0, 0.05) is 17.6 Å². The zero-order valence-electron chi connectivity index (χ0n) is 21.2. The van der Waals surface area contributed by atoms with Crippen molar-refractivity contribution in [3.8, 4) is 22.9 Å². The fraction of sp³-hybridized carbons (Fsp3) is 0.103. The van der Waals surface area contributed by atoms with Crippen molar-refractivity contribution in [2.24, 2.45) is 0 Å². The third kappa shape index (κ3) is 4.95. The summed E-state index contributed by atoms with van der Waals surface area (Å²) in [5.41, 5.74) is 8.46. The maximum Gasteiger partial charge on any atom is 0.263 e. The average Bonchev–Trinajstić information content (AvgIpc) is 2.93. The Bertz CT molecular complexity index is 1910. The van der Waals surface area contributed by atoms with E-state index in [0.29, 0.717) is 27.7 Å². The van der Waals surface area contributed by atoms with Crippen LogP contribution in [0.4, 0.5) is 11.8 Å². The number of benzene rings is 3. The van der Waals surface area contributed by atoms with Crippen molar-refractivity contribution in [2.45, 2.75) is 17.9 Å². The van der Waals surface area contributed by atoms with E-state index in [1.54, 1.807) is 28.8 Å². The summed E-state index contributed by atoms with van der Waals surface area (Å²) in [7, 11) is -3.35. The van der Waals surface area contributed by atoms with Crippen molar-refractivity contribution in [1.82, 2.24) is 14.5 Å². The number of nitrogens with two attached hydrogens (primary N) is 1. The van der Waals surface area contributed by atoms with Crippen molar-refractivity contribution < 1.29 is 8.42 Å². The number of hydrogen-bond donors (Lipinski definition) is 2. The Balaban J connectivity index is 1.72. The normalized spacial score (nSPS) is 12.1. The topological polar surface area (TPSA) is 144 Å². The van der Waals surface area contributed by atoms with Crippen molar-refractivity contribution in [3.63, 3.8) is 0 Å². The summed E-state index contributed by atoms with van der Waals surface area (Å²) in [6.45, 7) is 1.87. The first kappa shape index (κ1) is 25.6. The molecule has 0 bridgehead atoms. The lowest BCUT2D eigenvalue weighted by atomic mass is 9.98. The molecule has 0 amide bonds. The Labute approximate surface area is 225 Å². The first-order valence-electron chi connectivity index (χ1n) is 12.0. The fourth-order valence-corrected chi connectivity index (χ4v) is 5.16. The number of nitrogens with one attached hydrogen (secondary N) is 1. The van der Waals surface area contributed by atoms with Gasteiger partial charge in [0.1, 0.15) is 17.5 Å². The lowest BCUT2D eigenvalue weighted by Crippen LogP contribution is -2.26. The van der Waals surface area contributed by atoms with E-state index in [1.807, 2.05) is 61.5 Å². The molecule has 194 valence electrons. The molecule has 39 heavy (non-hydrogen) atoms. The van der Waals surface area contributed by atoms with Gasteiger partial charge in [-0.25, -0.2) is 13.4 Å². The molecule has 0 saturated heterocycles. The van der Waals surface area contributed by atoms with Crippen LogP contribution in [0.2, 0.25) is 0 Å². The molecular weight excluding hydrogens is 512 g/mol. The molecule has 10 heteroatoms. The van der Waals surface area contributed by atoms with Gasteiger partial charge in [0.25, 0.3) is 5.56 Å². The molecule has 1 unspecified atom stereocenters. The minimum Gasteiger partial charge on any atom is -0.368 e. The molecule has 0 aliphatic rings. The highest BCUT2D eigenvalue weighted by Gasteiger charge is 2.20. The molecule has 0 aliphatic carbocycles. The summed E-state index contributed by atoms with van der Waals surface area (Å²) in [4.78, 5) is 22.5. The number of fused-ring (bicyclic) bond motifs is 1. The lowest BCUT2D eigenvalue weighted by Gasteiger charge is -2.22. The summed E-state index contributed by atoms with van der Waals surface area (Å²) in [6, 6.07) is 24.8. The molecule has 5 aromatic rings. The van der Waals surface area contributed by atoms with Gasteiger partial charge in [-0.3, -0.25) is 9.36 Å². The second-order valence-corrected chi connectivity index (χ2v) is 11.1. The molecule has 0 radical (unpaired) electrons. The minimum atomic E-state index is -3.35. The SMILES string of the molecule is CC(Nc1nc(N)ncc1C#N)c1cc2cccc(-c3ccc(S(C)(=O)=O)cc3)c2c(=O)n1-c1ccccc1. The van der Waals surface area contributed by atoms with E-state index in [1.165, 1.54) is 6.20 Å². The molecule has 1 atom stereocenters. The van der Waals surface area contributed by atoms with Gasteiger partial charge >= 0.3 is 0 Å². The van der Waals surface area contributed by atoms with Crippen LogP contribution in [0.25, 0.3) is 27.6 Å². The summed E-state index contributed by atoms with van der Waals surface area (Å²) >= 11 is 0. The molecule has 2 heterocycles. The van der Waals surface area contributed by atoms with E-state index >= 15 is 0 Å². The van der Waals surface area contributed by atoms with Crippen LogP contribution in [-0.4, -0.2) is 29.2 Å². The number of para-hydroxylation sites is 1. The quantitative estimate of drug-likeness (QED) is 0.323. The Morgan fingerprint density at radius 2 is 1.74 bits per heavy atom. The van der Waals surface area contributed by atoms with Crippen molar-refractivity contribution in [3.05, 3.63) is 107 Å². The Kier molecular flexibility index (Phi) is 6.60. The molecule has 9 nitrogen and oxygen atoms in total. The molecule has 3 N–H and O–H groups in total. The van der Waals surface area contributed by atoms with Gasteiger partial charge in [0.05, 0.1) is 22.5 Å². The monoisotopic (exact) mass is 536 g/mol. The standard InChI is InChI=1S/C29H24N6O3S/c1-18(33-27-21(16-30)17-32-29(31)34-27)25-15-20-7-6-10-24(19-11-13-23(14-12-19)39(2,37)38)26(20)28(36)35(25)22-8-4-3-5-9-22/h3-15,17-18H,1-2H3,(H3,31,32,33,34). The first-order chi connectivity index (χ1) is 18.7. The molecule has 0 fully saturated rings. The molecule has 0 saturated carbocycles. The van der Waals surface area contributed by atoms with Crippen molar-refractivity contribution in [1.29, 1.82) is 5.26 Å². The summed E-state index contributed by atoms with van der Waals surface area (Å²) in [6.07, 6.45) is 2.51. The van der Waals surface area contributed by atoms with Crippen LogP contribution >= 0.6 is 0 Å². The van der Waals surface area contributed by atoms with Gasteiger partial charge in [-0.05, 0) is 53.8 Å². The van der Waals surface area contributed by atoms with Crippen LogP contribution < -0.4 is 16.6 Å². The largest absolute Gasteiger partial charge is 0.368 e. The number of nitrogens with zero attached hydrogens (tertiary/aromatic N) is 4. The highest BCUT2D eigenvalue weighted by Crippen LogP contribution is 2.31. The van der Waals surface area contributed by atoms with Crippen molar-refractivity contribution in [2.75, 3.05) is 17.3 Å². The number of pyridine rings is 1. The molecule has 3 aromatic carbocycles. The van der Waals surface area contributed by atoms with Gasteiger partial charge in [-0.1, -0.05) is 48.5 Å². The summed E-state index contributed by atoms with van der Waals surface area (Å²) in [5.74, 6) is 0.290. The molecule has 5 rings (SSSR count). The van der Waals surface area contributed by atoms with Crippen LogP contribution in [-0.2, 0) is 9.84 Å². The number of hydrogen-bond acceptors (Lipinski definition) is 8. The predicted octanol–water partition coefficient (Wildman–Crippen LogP) is 4.48. The molecule has 0 aliphatic heterocycles. The summed E-state index contributed by atoms with van der Waals surface area (Å²) in [5, 5.41) is 13.9. The third-order valence-electron chi connectivity index (χ3n) is 6.41. The van der Waals surface area contributed by atoms with E-state index in [9.17, 15) is 18.5 Å². The Morgan fingerprint density at radius 1 is 1.03 bits per heavy atom. The third-order valence-corrected chi connectivity index (χ3v) is 7.54. The van der Waals surface area contributed by atoms with E-state index in [2.05, 4.69) is 21.4 Å². The molecular formula is C29H24N6O3S. The average molecular weight is 537 g/mol. The van der Waals surface area contributed by atoms with Gasteiger partial charge in [0.2, 0.25) is 5.95 Å². The Hall–Kier alpha value is -5.01. The highest BCUT2D eigenvalue weighted by atomic mass is 32.2. The molecule has 2 aromatic heterocycles. The Morgan fingerprint density at radius 3 is 2.41 bits per heavy atom. The van der Waals surface area contributed by atoms with Gasteiger partial charge in [-0.15, -0.1) is 0 Å². The van der Waals surface area contributed by atoms with Gasteiger partial charge in [0.15, 0.2) is 9.84 Å². The zero-order valence-corrected chi connectivity index (χ0v) is 22.0. The smallest absolute Gasteiger partial charge is 0.263 e. The maximum absolute atomic E-state index is 14.2. The number of rotatable bonds is 6. The number of sulfone groups is 1. The number of nitriles is 1. The van der Waals surface area contributed by atoms with Crippen molar-refractivity contribution >= 4 is 32.4 Å². The van der Waals surface area contributed by atoms with E-state index < -0.39 is 15.9 Å². The van der Waals surface area contributed by atoms with E-state index in [4.69, 9.17) is 5.73 Å². The maximum atomic E-state index is 14.2. The summed E-state index contributed by atoms with van der Waals surface area (Å²) < 4.78 is 25.5. The first-order valence-corrected chi connectivity index (χ1v) is 13.9.